The Balaban J connectivity index is 2.00. The molecule has 0 aromatic heterocycles. The van der Waals surface area contributed by atoms with Crippen LogP contribution in [0, 0.1) is 5.92 Å². The molecule has 0 radical (unpaired) electrons. The fourth-order valence-corrected chi connectivity index (χ4v) is 4.20. The molecule has 2 atom stereocenters. The summed E-state index contributed by atoms with van der Waals surface area (Å²) in [7, 11) is 6.44. The van der Waals surface area contributed by atoms with Crippen LogP contribution in [0.25, 0.3) is 0 Å². The zero-order valence-electron chi connectivity index (χ0n) is 13.3. The molecule has 21 heavy (non-hydrogen) atoms. The van der Waals surface area contributed by atoms with Crippen molar-refractivity contribution in [3.63, 3.8) is 0 Å². The molecule has 1 heterocycles. The molecule has 3 rings (SSSR count). The predicted molar refractivity (Wildman–Crippen MR) is 82.9 cm³/mol. The third kappa shape index (κ3) is 2.71. The molecule has 2 unspecified atom stereocenters. The highest BCUT2D eigenvalue weighted by Gasteiger charge is 2.58. The van der Waals surface area contributed by atoms with Gasteiger partial charge in [-0.15, -0.1) is 0 Å². The molecule has 1 spiro atoms. The van der Waals surface area contributed by atoms with Gasteiger partial charge in [0, 0.05) is 5.92 Å². The molecule has 2 aliphatic rings. The summed E-state index contributed by atoms with van der Waals surface area (Å²) in [5, 5.41) is 0. The number of carbonyl (C=O) groups excluding carboxylic acids is 1. The number of benzene rings is 1. The average Bonchev–Trinajstić information content (AvgIpc) is 2.96. The SMILES string of the molecule is C[N+](C)(C)CC1C(=O)OC2(CCCC2)C1c1ccccc1. The Morgan fingerprint density at radius 3 is 2.33 bits per heavy atom. The highest BCUT2D eigenvalue weighted by atomic mass is 16.6. The predicted octanol–water partition coefficient (Wildman–Crippen LogP) is 2.96. The Labute approximate surface area is 127 Å². The second-order valence-corrected chi connectivity index (χ2v) is 7.66. The van der Waals surface area contributed by atoms with E-state index in [1.807, 2.05) is 6.07 Å². The molecule has 3 nitrogen and oxygen atoms in total. The molecule has 3 heteroatoms. The molecule has 0 N–H and O–H groups in total. The Kier molecular flexibility index (Phi) is 3.56. The maximum atomic E-state index is 12.6. The van der Waals surface area contributed by atoms with E-state index in [1.54, 1.807) is 0 Å². The second-order valence-electron chi connectivity index (χ2n) is 7.66. The minimum absolute atomic E-state index is 0.0128. The number of nitrogens with zero attached hydrogens (tertiary/aromatic N) is 1. The van der Waals surface area contributed by atoms with Gasteiger partial charge >= 0.3 is 5.97 Å². The van der Waals surface area contributed by atoms with Crippen LogP contribution < -0.4 is 0 Å². The van der Waals surface area contributed by atoms with Gasteiger partial charge in [0.25, 0.3) is 0 Å². The first kappa shape index (κ1) is 14.6. The second kappa shape index (κ2) is 5.13. The van der Waals surface area contributed by atoms with Gasteiger partial charge in [0.2, 0.25) is 0 Å². The van der Waals surface area contributed by atoms with Crippen molar-refractivity contribution in [1.29, 1.82) is 0 Å². The van der Waals surface area contributed by atoms with Crippen LogP contribution in [0.3, 0.4) is 0 Å². The van der Waals surface area contributed by atoms with Gasteiger partial charge in [0.15, 0.2) is 0 Å². The smallest absolute Gasteiger partial charge is 0.316 e. The van der Waals surface area contributed by atoms with E-state index < -0.39 is 0 Å². The van der Waals surface area contributed by atoms with E-state index in [4.69, 9.17) is 4.74 Å². The fourth-order valence-electron chi connectivity index (χ4n) is 4.20. The summed E-state index contributed by atoms with van der Waals surface area (Å²) in [5.41, 5.74) is 1.03. The summed E-state index contributed by atoms with van der Waals surface area (Å²) in [6, 6.07) is 10.5. The number of hydrogen-bond donors (Lipinski definition) is 0. The molecule has 114 valence electrons. The van der Waals surface area contributed by atoms with E-state index in [2.05, 4.69) is 45.4 Å². The summed E-state index contributed by atoms with van der Waals surface area (Å²) in [4.78, 5) is 12.6. The summed E-state index contributed by atoms with van der Waals surface area (Å²) in [6.07, 6.45) is 4.39. The lowest BCUT2D eigenvalue weighted by Crippen LogP contribution is -2.43. The van der Waals surface area contributed by atoms with Crippen molar-refractivity contribution in [2.24, 2.45) is 5.92 Å². The zero-order valence-corrected chi connectivity index (χ0v) is 13.3. The lowest BCUT2D eigenvalue weighted by Gasteiger charge is -2.33. The Morgan fingerprint density at radius 1 is 1.14 bits per heavy atom. The quantitative estimate of drug-likeness (QED) is 0.631. The van der Waals surface area contributed by atoms with E-state index in [-0.39, 0.29) is 23.4 Å². The Bertz CT molecular complexity index is 512. The van der Waals surface area contributed by atoms with Crippen molar-refractivity contribution in [1.82, 2.24) is 0 Å². The summed E-state index contributed by atoms with van der Waals surface area (Å²) >= 11 is 0. The third-order valence-electron chi connectivity index (χ3n) is 4.93. The van der Waals surface area contributed by atoms with Crippen LogP contribution in [0.5, 0.6) is 0 Å². The third-order valence-corrected chi connectivity index (χ3v) is 4.93. The van der Waals surface area contributed by atoms with E-state index >= 15 is 0 Å². The fraction of sp³-hybridized carbons (Fsp3) is 0.611. The zero-order chi connectivity index (χ0) is 15.1. The largest absolute Gasteiger partial charge is 0.458 e. The first-order valence-corrected chi connectivity index (χ1v) is 8.00. The molecule has 0 amide bonds. The van der Waals surface area contributed by atoms with Crippen LogP contribution in [-0.4, -0.2) is 43.7 Å². The lowest BCUT2D eigenvalue weighted by molar-refractivity contribution is -0.872. The van der Waals surface area contributed by atoms with Crippen LogP contribution in [0.4, 0.5) is 0 Å². The average molecular weight is 288 g/mol. The first-order valence-electron chi connectivity index (χ1n) is 8.00. The van der Waals surface area contributed by atoms with E-state index in [9.17, 15) is 4.79 Å². The van der Waals surface area contributed by atoms with Crippen molar-refractivity contribution in [3.8, 4) is 0 Å². The maximum Gasteiger partial charge on any atom is 0.316 e. The van der Waals surface area contributed by atoms with Crippen LogP contribution in [0.15, 0.2) is 30.3 Å². The standard InChI is InChI=1S/C18H26NO2/c1-19(2,3)13-15-16(14-9-5-4-6-10-14)18(21-17(15)20)11-7-8-12-18/h4-6,9-10,15-16H,7-8,11-13H2,1-3H3/q+1. The summed E-state index contributed by atoms with van der Waals surface area (Å²) in [6.45, 7) is 0.833. The normalized spacial score (nSPS) is 28.0. The number of carbonyl (C=O) groups is 1. The van der Waals surface area contributed by atoms with Gasteiger partial charge in [0.05, 0.1) is 27.7 Å². The minimum atomic E-state index is -0.238. The van der Waals surface area contributed by atoms with Gasteiger partial charge in [0.1, 0.15) is 11.5 Å². The van der Waals surface area contributed by atoms with Crippen molar-refractivity contribution in [2.45, 2.75) is 37.2 Å². The molecule has 1 aromatic carbocycles. The van der Waals surface area contributed by atoms with Gasteiger partial charge in [-0.2, -0.15) is 0 Å². The number of ether oxygens (including phenoxy) is 1. The minimum Gasteiger partial charge on any atom is -0.458 e. The number of quaternary nitrogens is 1. The Hall–Kier alpha value is -1.35. The van der Waals surface area contributed by atoms with Crippen molar-refractivity contribution >= 4 is 5.97 Å². The highest BCUT2D eigenvalue weighted by Crippen LogP contribution is 2.53. The number of hydrogen-bond acceptors (Lipinski definition) is 2. The van der Waals surface area contributed by atoms with Crippen molar-refractivity contribution in [3.05, 3.63) is 35.9 Å². The number of esters is 1. The summed E-state index contributed by atoms with van der Waals surface area (Å²) < 4.78 is 6.78. The first-order chi connectivity index (χ1) is 9.91. The van der Waals surface area contributed by atoms with E-state index in [0.717, 1.165) is 23.9 Å². The molecular formula is C18H26NO2+. The van der Waals surface area contributed by atoms with Crippen LogP contribution >= 0.6 is 0 Å². The lowest BCUT2D eigenvalue weighted by atomic mass is 9.75. The molecule has 1 aliphatic carbocycles. The van der Waals surface area contributed by atoms with Gasteiger partial charge < -0.3 is 9.22 Å². The van der Waals surface area contributed by atoms with Crippen LogP contribution in [0.2, 0.25) is 0 Å². The maximum absolute atomic E-state index is 12.6. The topological polar surface area (TPSA) is 26.3 Å². The van der Waals surface area contributed by atoms with E-state index in [1.165, 1.54) is 18.4 Å². The molecule has 1 saturated carbocycles. The molecule has 2 fully saturated rings. The van der Waals surface area contributed by atoms with Crippen molar-refractivity contribution < 1.29 is 14.0 Å². The molecule has 1 aromatic rings. The van der Waals surface area contributed by atoms with Gasteiger partial charge in [-0.3, -0.25) is 4.79 Å². The summed E-state index contributed by atoms with van der Waals surface area (Å²) in [5.74, 6) is 0.204. The highest BCUT2D eigenvalue weighted by molar-refractivity contribution is 5.78. The van der Waals surface area contributed by atoms with Gasteiger partial charge in [-0.1, -0.05) is 30.3 Å². The van der Waals surface area contributed by atoms with E-state index in [0.29, 0.717) is 0 Å². The molecule has 1 aliphatic heterocycles. The number of rotatable bonds is 3. The molecule has 1 saturated heterocycles. The van der Waals surface area contributed by atoms with Gasteiger partial charge in [-0.25, -0.2) is 0 Å². The molecule has 0 bridgehead atoms. The van der Waals surface area contributed by atoms with Crippen LogP contribution in [-0.2, 0) is 9.53 Å². The van der Waals surface area contributed by atoms with Gasteiger partial charge in [-0.05, 0) is 31.2 Å². The van der Waals surface area contributed by atoms with Crippen LogP contribution in [0.1, 0.15) is 37.2 Å². The van der Waals surface area contributed by atoms with Crippen molar-refractivity contribution in [2.75, 3.05) is 27.7 Å². The Morgan fingerprint density at radius 2 is 1.76 bits per heavy atom. The molecular weight excluding hydrogens is 262 g/mol. The monoisotopic (exact) mass is 288 g/mol.